The standard InChI is InChI=1S/C23H26FNO2S/c1-18-7-12-23(28-18)15-25(13-19-8-10-21(24)11-9-19)14-22(26)17-27-16-20-5-3-2-4-6-20/h2-12,22,26H,13-17H2,1H3. The molecular formula is C23H26FNO2S. The predicted octanol–water partition coefficient (Wildman–Crippen LogP) is 4.78. The number of aliphatic hydroxyl groups excluding tert-OH is 1. The molecule has 0 saturated carbocycles. The van der Waals surface area contributed by atoms with Crippen molar-refractivity contribution in [2.24, 2.45) is 0 Å². The van der Waals surface area contributed by atoms with Gasteiger partial charge in [0.05, 0.1) is 19.3 Å². The van der Waals surface area contributed by atoms with Crippen molar-refractivity contribution in [2.75, 3.05) is 13.2 Å². The van der Waals surface area contributed by atoms with Crippen LogP contribution in [0.3, 0.4) is 0 Å². The Morgan fingerprint density at radius 3 is 2.39 bits per heavy atom. The van der Waals surface area contributed by atoms with Gasteiger partial charge in [0.15, 0.2) is 0 Å². The first-order chi connectivity index (χ1) is 13.6. The molecule has 3 nitrogen and oxygen atoms in total. The van der Waals surface area contributed by atoms with Crippen LogP contribution in [0.25, 0.3) is 0 Å². The van der Waals surface area contributed by atoms with Gasteiger partial charge in [-0.1, -0.05) is 42.5 Å². The molecule has 0 aliphatic heterocycles. The van der Waals surface area contributed by atoms with Gasteiger partial charge in [-0.3, -0.25) is 4.90 Å². The predicted molar refractivity (Wildman–Crippen MR) is 112 cm³/mol. The third-order valence-electron chi connectivity index (χ3n) is 4.39. The smallest absolute Gasteiger partial charge is 0.123 e. The maximum absolute atomic E-state index is 13.2. The molecule has 1 heterocycles. The van der Waals surface area contributed by atoms with E-state index in [0.29, 0.717) is 19.7 Å². The van der Waals surface area contributed by atoms with E-state index in [-0.39, 0.29) is 12.4 Å². The summed E-state index contributed by atoms with van der Waals surface area (Å²) in [4.78, 5) is 4.69. The SMILES string of the molecule is Cc1ccc(CN(Cc2ccc(F)cc2)CC(O)COCc2ccccc2)s1. The van der Waals surface area contributed by atoms with Crippen molar-refractivity contribution in [1.29, 1.82) is 0 Å². The summed E-state index contributed by atoms with van der Waals surface area (Å²) < 4.78 is 18.9. The van der Waals surface area contributed by atoms with Crippen LogP contribution in [0.15, 0.2) is 66.7 Å². The van der Waals surface area contributed by atoms with Gasteiger partial charge < -0.3 is 9.84 Å². The van der Waals surface area contributed by atoms with Crippen molar-refractivity contribution in [3.63, 3.8) is 0 Å². The van der Waals surface area contributed by atoms with Crippen LogP contribution in [0.2, 0.25) is 0 Å². The molecule has 3 aromatic rings. The molecule has 0 saturated heterocycles. The summed E-state index contributed by atoms with van der Waals surface area (Å²) in [5.41, 5.74) is 2.11. The summed E-state index contributed by atoms with van der Waals surface area (Å²) in [5.74, 6) is -0.237. The number of hydrogen-bond donors (Lipinski definition) is 1. The van der Waals surface area contributed by atoms with E-state index in [1.807, 2.05) is 30.3 Å². The van der Waals surface area contributed by atoms with E-state index < -0.39 is 6.10 Å². The Bertz CT molecular complexity index is 835. The summed E-state index contributed by atoms with van der Waals surface area (Å²) in [6.45, 7) is 4.73. The van der Waals surface area contributed by atoms with Crippen LogP contribution in [-0.4, -0.2) is 29.3 Å². The van der Waals surface area contributed by atoms with Crippen LogP contribution >= 0.6 is 11.3 Å². The van der Waals surface area contributed by atoms with Crippen LogP contribution in [0.4, 0.5) is 4.39 Å². The Morgan fingerprint density at radius 2 is 1.71 bits per heavy atom. The zero-order valence-electron chi connectivity index (χ0n) is 16.1. The number of aryl methyl sites for hydroxylation is 1. The Balaban J connectivity index is 1.56. The average molecular weight is 400 g/mol. The fourth-order valence-electron chi connectivity index (χ4n) is 3.06. The highest BCUT2D eigenvalue weighted by Crippen LogP contribution is 2.19. The van der Waals surface area contributed by atoms with Gasteiger partial charge in [0.2, 0.25) is 0 Å². The number of benzene rings is 2. The molecular weight excluding hydrogens is 373 g/mol. The summed E-state index contributed by atoms with van der Waals surface area (Å²) in [6, 6.07) is 20.7. The maximum Gasteiger partial charge on any atom is 0.123 e. The molecule has 1 N–H and O–H groups in total. The summed E-state index contributed by atoms with van der Waals surface area (Å²) >= 11 is 1.76. The minimum atomic E-state index is -0.592. The largest absolute Gasteiger partial charge is 0.389 e. The van der Waals surface area contributed by atoms with Crippen LogP contribution in [-0.2, 0) is 24.4 Å². The van der Waals surface area contributed by atoms with Crippen LogP contribution in [0, 0.1) is 12.7 Å². The molecule has 28 heavy (non-hydrogen) atoms. The van der Waals surface area contributed by atoms with Crippen molar-refractivity contribution in [2.45, 2.75) is 32.7 Å². The molecule has 0 radical (unpaired) electrons. The van der Waals surface area contributed by atoms with Gasteiger partial charge in [-0.25, -0.2) is 4.39 Å². The van der Waals surface area contributed by atoms with Crippen LogP contribution in [0.5, 0.6) is 0 Å². The molecule has 1 aromatic heterocycles. The van der Waals surface area contributed by atoms with E-state index >= 15 is 0 Å². The highest BCUT2D eigenvalue weighted by molar-refractivity contribution is 7.11. The first-order valence-corrected chi connectivity index (χ1v) is 10.2. The first-order valence-electron chi connectivity index (χ1n) is 9.40. The molecule has 0 aliphatic carbocycles. The Kier molecular flexibility index (Phi) is 7.74. The normalized spacial score (nSPS) is 12.4. The number of halogens is 1. The second kappa shape index (κ2) is 10.5. The van der Waals surface area contributed by atoms with Crippen molar-refractivity contribution >= 4 is 11.3 Å². The van der Waals surface area contributed by atoms with Crippen molar-refractivity contribution in [1.82, 2.24) is 4.90 Å². The summed E-state index contributed by atoms with van der Waals surface area (Å²) in [5, 5.41) is 10.5. The molecule has 1 atom stereocenters. The van der Waals surface area contributed by atoms with E-state index in [1.165, 1.54) is 21.9 Å². The molecule has 0 amide bonds. The van der Waals surface area contributed by atoms with E-state index in [0.717, 1.165) is 17.7 Å². The van der Waals surface area contributed by atoms with Crippen LogP contribution in [0.1, 0.15) is 20.9 Å². The van der Waals surface area contributed by atoms with E-state index in [1.54, 1.807) is 23.5 Å². The minimum Gasteiger partial charge on any atom is -0.389 e. The highest BCUT2D eigenvalue weighted by Gasteiger charge is 2.14. The van der Waals surface area contributed by atoms with Gasteiger partial charge in [0.1, 0.15) is 5.82 Å². The van der Waals surface area contributed by atoms with Gasteiger partial charge >= 0.3 is 0 Å². The molecule has 0 bridgehead atoms. The molecule has 5 heteroatoms. The molecule has 1 unspecified atom stereocenters. The summed E-state index contributed by atoms with van der Waals surface area (Å²) in [6.07, 6.45) is -0.592. The number of aliphatic hydroxyl groups is 1. The fraction of sp³-hybridized carbons (Fsp3) is 0.304. The fourth-order valence-corrected chi connectivity index (χ4v) is 3.99. The van der Waals surface area contributed by atoms with E-state index in [2.05, 4.69) is 24.0 Å². The highest BCUT2D eigenvalue weighted by atomic mass is 32.1. The topological polar surface area (TPSA) is 32.7 Å². The van der Waals surface area contributed by atoms with E-state index in [4.69, 9.17) is 4.74 Å². The zero-order chi connectivity index (χ0) is 19.8. The molecule has 0 fully saturated rings. The summed E-state index contributed by atoms with van der Waals surface area (Å²) in [7, 11) is 0. The van der Waals surface area contributed by atoms with Gasteiger partial charge in [-0.15, -0.1) is 11.3 Å². The first kappa shape index (κ1) is 20.7. The quantitative estimate of drug-likeness (QED) is 0.533. The van der Waals surface area contributed by atoms with Crippen molar-refractivity contribution < 1.29 is 14.2 Å². The monoisotopic (exact) mass is 399 g/mol. The number of ether oxygens (including phenoxy) is 1. The Hall–Kier alpha value is -2.05. The molecule has 0 aliphatic rings. The maximum atomic E-state index is 13.2. The third kappa shape index (κ3) is 6.84. The Labute approximate surface area is 170 Å². The van der Waals surface area contributed by atoms with Crippen LogP contribution < -0.4 is 0 Å². The second-order valence-corrected chi connectivity index (χ2v) is 8.34. The lowest BCUT2D eigenvalue weighted by Gasteiger charge is -2.25. The third-order valence-corrected chi connectivity index (χ3v) is 5.37. The number of nitrogens with zero attached hydrogens (tertiary/aromatic N) is 1. The van der Waals surface area contributed by atoms with Gasteiger partial charge in [0.25, 0.3) is 0 Å². The Morgan fingerprint density at radius 1 is 0.964 bits per heavy atom. The lowest BCUT2D eigenvalue weighted by Crippen LogP contribution is -2.34. The molecule has 0 spiro atoms. The van der Waals surface area contributed by atoms with E-state index in [9.17, 15) is 9.50 Å². The zero-order valence-corrected chi connectivity index (χ0v) is 16.9. The lowest BCUT2D eigenvalue weighted by molar-refractivity contribution is 0.00728. The number of thiophene rings is 1. The van der Waals surface area contributed by atoms with Gasteiger partial charge in [-0.2, -0.15) is 0 Å². The second-order valence-electron chi connectivity index (χ2n) is 6.96. The van der Waals surface area contributed by atoms with Crippen molar-refractivity contribution in [3.05, 3.63) is 93.4 Å². The molecule has 2 aromatic carbocycles. The molecule has 3 rings (SSSR count). The minimum absolute atomic E-state index is 0.237. The number of hydrogen-bond acceptors (Lipinski definition) is 4. The average Bonchev–Trinajstić information content (AvgIpc) is 3.09. The number of rotatable bonds is 10. The van der Waals surface area contributed by atoms with Gasteiger partial charge in [-0.05, 0) is 42.3 Å². The lowest BCUT2D eigenvalue weighted by atomic mass is 10.2. The molecule has 148 valence electrons. The van der Waals surface area contributed by atoms with Gasteiger partial charge in [0, 0.05) is 29.4 Å². The van der Waals surface area contributed by atoms with Crippen molar-refractivity contribution in [3.8, 4) is 0 Å².